The summed E-state index contributed by atoms with van der Waals surface area (Å²) in [4.78, 5) is 0. The monoisotopic (exact) mass is 184 g/mol. The van der Waals surface area contributed by atoms with Crippen LogP contribution in [-0.4, -0.2) is 31.8 Å². The smallest absolute Gasteiger partial charge is 0.0624 e. The van der Waals surface area contributed by atoms with Crippen LogP contribution in [0.15, 0.2) is 0 Å². The number of rotatable bonds is 3. The van der Waals surface area contributed by atoms with Crippen LogP contribution < -0.4 is 11.1 Å². The van der Waals surface area contributed by atoms with Crippen molar-refractivity contribution in [3.63, 3.8) is 0 Å². The minimum atomic E-state index is 0.162. The van der Waals surface area contributed by atoms with E-state index < -0.39 is 0 Å². The largest absolute Gasteiger partial charge is 0.379 e. The Kier molecular flexibility index (Phi) is 2.58. The molecule has 1 aliphatic carbocycles. The van der Waals surface area contributed by atoms with Crippen LogP contribution in [0.1, 0.15) is 26.2 Å². The summed E-state index contributed by atoms with van der Waals surface area (Å²) in [6, 6.07) is 0.963. The highest BCUT2D eigenvalue weighted by atomic mass is 16.5. The van der Waals surface area contributed by atoms with Gasteiger partial charge in [0.05, 0.1) is 13.2 Å². The fourth-order valence-electron chi connectivity index (χ4n) is 1.90. The van der Waals surface area contributed by atoms with Gasteiger partial charge >= 0.3 is 0 Å². The molecule has 0 aromatic rings. The highest BCUT2D eigenvalue weighted by Gasteiger charge is 2.38. The van der Waals surface area contributed by atoms with Crippen molar-refractivity contribution in [1.82, 2.24) is 5.32 Å². The third-order valence-electron chi connectivity index (χ3n) is 3.52. The Hall–Kier alpha value is -0.120. The standard InChI is InChI=1S/C10H20N2O/c1-10(7-13-5-9(10)11)6-12-8-3-2-4-8/h8-9,12H,2-7,11H2,1H3. The summed E-state index contributed by atoms with van der Waals surface area (Å²) in [7, 11) is 0. The van der Waals surface area contributed by atoms with E-state index in [9.17, 15) is 0 Å². The lowest BCUT2D eigenvalue weighted by Gasteiger charge is -2.33. The Balaban J connectivity index is 1.78. The maximum atomic E-state index is 5.99. The van der Waals surface area contributed by atoms with E-state index in [1.807, 2.05) is 0 Å². The first-order valence-corrected chi connectivity index (χ1v) is 5.27. The molecule has 3 heteroatoms. The summed E-state index contributed by atoms with van der Waals surface area (Å²) in [6.07, 6.45) is 4.06. The van der Waals surface area contributed by atoms with Crippen LogP contribution in [0.2, 0.25) is 0 Å². The molecule has 2 atom stereocenters. The Morgan fingerprint density at radius 2 is 2.31 bits per heavy atom. The van der Waals surface area contributed by atoms with Crippen LogP contribution in [0.4, 0.5) is 0 Å². The molecule has 2 unspecified atom stereocenters. The Morgan fingerprint density at radius 1 is 1.54 bits per heavy atom. The predicted molar refractivity (Wildman–Crippen MR) is 52.5 cm³/mol. The Labute approximate surface area is 80.0 Å². The number of hydrogen-bond acceptors (Lipinski definition) is 3. The van der Waals surface area contributed by atoms with E-state index >= 15 is 0 Å². The minimum absolute atomic E-state index is 0.162. The fraction of sp³-hybridized carbons (Fsp3) is 1.00. The van der Waals surface area contributed by atoms with Gasteiger partial charge in [-0.1, -0.05) is 13.3 Å². The van der Waals surface area contributed by atoms with E-state index in [2.05, 4.69) is 12.2 Å². The number of hydrogen-bond donors (Lipinski definition) is 2. The average Bonchev–Trinajstić information content (AvgIpc) is 2.30. The zero-order valence-electron chi connectivity index (χ0n) is 8.38. The number of nitrogens with two attached hydrogens (primary N) is 1. The van der Waals surface area contributed by atoms with Crippen LogP contribution in [0.3, 0.4) is 0 Å². The van der Waals surface area contributed by atoms with E-state index in [1.165, 1.54) is 19.3 Å². The van der Waals surface area contributed by atoms with Gasteiger partial charge in [-0.05, 0) is 12.8 Å². The predicted octanol–water partition coefficient (Wildman–Crippen LogP) is 0.492. The summed E-state index contributed by atoms with van der Waals surface area (Å²) in [5.74, 6) is 0. The average molecular weight is 184 g/mol. The van der Waals surface area contributed by atoms with E-state index in [0.717, 1.165) is 25.8 Å². The molecule has 0 radical (unpaired) electrons. The minimum Gasteiger partial charge on any atom is -0.379 e. The van der Waals surface area contributed by atoms with Gasteiger partial charge in [-0.3, -0.25) is 0 Å². The topological polar surface area (TPSA) is 47.3 Å². The molecule has 2 aliphatic rings. The van der Waals surface area contributed by atoms with E-state index in [1.54, 1.807) is 0 Å². The molecule has 3 nitrogen and oxygen atoms in total. The summed E-state index contributed by atoms with van der Waals surface area (Å²) in [5, 5.41) is 3.57. The van der Waals surface area contributed by atoms with Crippen molar-refractivity contribution in [3.8, 4) is 0 Å². The van der Waals surface area contributed by atoms with Crippen molar-refractivity contribution < 1.29 is 4.74 Å². The lowest BCUT2D eigenvalue weighted by molar-refractivity contribution is 0.152. The fourth-order valence-corrected chi connectivity index (χ4v) is 1.90. The summed E-state index contributed by atoms with van der Waals surface area (Å²) >= 11 is 0. The summed E-state index contributed by atoms with van der Waals surface area (Å²) in [6.45, 7) is 4.77. The molecular weight excluding hydrogens is 164 g/mol. The van der Waals surface area contributed by atoms with E-state index in [4.69, 9.17) is 10.5 Å². The van der Waals surface area contributed by atoms with E-state index in [0.29, 0.717) is 0 Å². The first-order valence-electron chi connectivity index (χ1n) is 5.27. The highest BCUT2D eigenvalue weighted by molar-refractivity contribution is 4.93. The lowest BCUT2D eigenvalue weighted by atomic mass is 9.84. The van der Waals surface area contributed by atoms with Gasteiger partial charge in [0, 0.05) is 24.0 Å². The van der Waals surface area contributed by atoms with Crippen molar-refractivity contribution in [2.24, 2.45) is 11.1 Å². The molecule has 0 spiro atoms. The molecule has 1 heterocycles. The van der Waals surface area contributed by atoms with Crippen LogP contribution >= 0.6 is 0 Å². The molecule has 1 saturated carbocycles. The van der Waals surface area contributed by atoms with Gasteiger partial charge in [0.15, 0.2) is 0 Å². The van der Waals surface area contributed by atoms with Crippen molar-refractivity contribution in [2.75, 3.05) is 19.8 Å². The van der Waals surface area contributed by atoms with Gasteiger partial charge in [-0.25, -0.2) is 0 Å². The molecule has 0 amide bonds. The Bertz CT molecular complexity index is 182. The normalized spacial score (nSPS) is 40.6. The highest BCUT2D eigenvalue weighted by Crippen LogP contribution is 2.27. The molecule has 2 fully saturated rings. The summed E-state index contributed by atoms with van der Waals surface area (Å²) < 4.78 is 5.39. The first-order chi connectivity index (χ1) is 6.21. The molecular formula is C10H20N2O. The quantitative estimate of drug-likeness (QED) is 0.671. The first kappa shape index (κ1) is 9.44. The van der Waals surface area contributed by atoms with Crippen molar-refractivity contribution in [2.45, 2.75) is 38.3 Å². The lowest BCUT2D eigenvalue weighted by Crippen LogP contribution is -2.49. The summed E-state index contributed by atoms with van der Waals surface area (Å²) in [5.41, 5.74) is 6.16. The maximum absolute atomic E-state index is 5.99. The van der Waals surface area contributed by atoms with E-state index in [-0.39, 0.29) is 11.5 Å². The van der Waals surface area contributed by atoms with Crippen LogP contribution in [0.5, 0.6) is 0 Å². The van der Waals surface area contributed by atoms with Gasteiger partial charge in [0.1, 0.15) is 0 Å². The third kappa shape index (κ3) is 1.87. The van der Waals surface area contributed by atoms with Crippen LogP contribution in [-0.2, 0) is 4.74 Å². The molecule has 1 aliphatic heterocycles. The molecule has 2 rings (SSSR count). The second kappa shape index (κ2) is 3.56. The molecule has 0 bridgehead atoms. The SMILES string of the molecule is CC1(CNC2CCC2)COCC1N. The van der Waals surface area contributed by atoms with Crippen molar-refractivity contribution in [1.29, 1.82) is 0 Å². The van der Waals surface area contributed by atoms with Crippen LogP contribution in [0.25, 0.3) is 0 Å². The van der Waals surface area contributed by atoms with Gasteiger partial charge in [0.25, 0.3) is 0 Å². The second-order valence-electron chi connectivity index (χ2n) is 4.78. The Morgan fingerprint density at radius 3 is 2.77 bits per heavy atom. The van der Waals surface area contributed by atoms with Gasteiger partial charge < -0.3 is 15.8 Å². The van der Waals surface area contributed by atoms with Crippen molar-refractivity contribution >= 4 is 0 Å². The van der Waals surface area contributed by atoms with Crippen molar-refractivity contribution in [3.05, 3.63) is 0 Å². The molecule has 13 heavy (non-hydrogen) atoms. The zero-order chi connectivity index (χ0) is 9.31. The number of nitrogens with one attached hydrogen (secondary N) is 1. The van der Waals surface area contributed by atoms with Gasteiger partial charge in [-0.15, -0.1) is 0 Å². The third-order valence-corrected chi connectivity index (χ3v) is 3.52. The second-order valence-corrected chi connectivity index (χ2v) is 4.78. The zero-order valence-corrected chi connectivity index (χ0v) is 8.38. The van der Waals surface area contributed by atoms with Crippen LogP contribution in [0, 0.1) is 5.41 Å². The molecule has 0 aromatic carbocycles. The maximum Gasteiger partial charge on any atom is 0.0624 e. The molecule has 0 aromatic heterocycles. The molecule has 1 saturated heterocycles. The molecule has 76 valence electrons. The van der Waals surface area contributed by atoms with Gasteiger partial charge in [0.2, 0.25) is 0 Å². The number of ether oxygens (including phenoxy) is 1. The molecule has 3 N–H and O–H groups in total. The van der Waals surface area contributed by atoms with Gasteiger partial charge in [-0.2, -0.15) is 0 Å².